The van der Waals surface area contributed by atoms with E-state index in [2.05, 4.69) is 5.32 Å². The highest BCUT2D eigenvalue weighted by Gasteiger charge is 2.37. The Balaban J connectivity index is 2.08. The van der Waals surface area contributed by atoms with E-state index >= 15 is 0 Å². The number of para-hydroxylation sites is 1. The molecule has 0 bridgehead atoms. The minimum Gasteiger partial charge on any atom is -0.316 e. The number of alkyl halides is 2. The van der Waals surface area contributed by atoms with Crippen molar-refractivity contribution >= 4 is 5.69 Å². The fourth-order valence-corrected chi connectivity index (χ4v) is 3.07. The average Bonchev–Trinajstić information content (AvgIpc) is 2.45. The summed E-state index contributed by atoms with van der Waals surface area (Å²) in [5.41, 5.74) is 0.748. The highest BCUT2D eigenvalue weighted by molar-refractivity contribution is 5.40. The largest absolute Gasteiger partial charge is 0.316 e. The van der Waals surface area contributed by atoms with Crippen molar-refractivity contribution in [3.8, 4) is 0 Å². The quantitative estimate of drug-likeness (QED) is 0.668. The third kappa shape index (κ3) is 3.97. The summed E-state index contributed by atoms with van der Waals surface area (Å²) in [6, 6.07) is 6.61. The molecule has 21 heavy (non-hydrogen) atoms. The minimum absolute atomic E-state index is 0.0119. The predicted molar refractivity (Wildman–Crippen MR) is 76.6 cm³/mol. The van der Waals surface area contributed by atoms with Gasteiger partial charge in [-0.05, 0) is 32.2 Å². The molecule has 116 valence electrons. The predicted octanol–water partition coefficient (Wildman–Crippen LogP) is 3.55. The van der Waals surface area contributed by atoms with Crippen LogP contribution in [0.5, 0.6) is 0 Å². The minimum atomic E-state index is -2.55. The number of nitro groups is 1. The summed E-state index contributed by atoms with van der Waals surface area (Å²) < 4.78 is 26.5. The van der Waals surface area contributed by atoms with Crippen LogP contribution in [0.4, 0.5) is 14.5 Å². The van der Waals surface area contributed by atoms with Crippen molar-refractivity contribution in [3.63, 3.8) is 0 Å². The Kier molecular flexibility index (Phi) is 4.88. The van der Waals surface area contributed by atoms with Crippen LogP contribution in [0.15, 0.2) is 24.3 Å². The number of rotatable bonds is 5. The molecule has 1 fully saturated rings. The fraction of sp³-hybridized carbons (Fsp3) is 0.600. The maximum Gasteiger partial charge on any atom is 0.272 e. The van der Waals surface area contributed by atoms with Crippen molar-refractivity contribution in [1.82, 2.24) is 5.32 Å². The molecule has 1 unspecified atom stereocenters. The maximum atomic E-state index is 13.2. The average molecular weight is 298 g/mol. The highest BCUT2D eigenvalue weighted by atomic mass is 19.3. The lowest BCUT2D eigenvalue weighted by atomic mass is 9.80. The zero-order valence-electron chi connectivity index (χ0n) is 12.0. The number of hydrogen-bond donors (Lipinski definition) is 1. The third-order valence-corrected chi connectivity index (χ3v) is 4.33. The van der Waals surface area contributed by atoms with Crippen LogP contribution in [0.2, 0.25) is 0 Å². The van der Waals surface area contributed by atoms with Crippen LogP contribution in [-0.2, 0) is 6.42 Å². The molecule has 0 radical (unpaired) electrons. The number of nitro benzene ring substituents is 1. The SMILES string of the molecule is CNC(Cc1ccccc1[N+](=O)[O-])C1CCC(F)(F)CC1. The second-order valence-corrected chi connectivity index (χ2v) is 5.68. The summed E-state index contributed by atoms with van der Waals surface area (Å²) >= 11 is 0. The van der Waals surface area contributed by atoms with Gasteiger partial charge in [-0.3, -0.25) is 10.1 Å². The third-order valence-electron chi connectivity index (χ3n) is 4.33. The Morgan fingerprint density at radius 1 is 1.38 bits per heavy atom. The normalized spacial score (nSPS) is 20.1. The number of likely N-dealkylation sites (N-methyl/N-ethyl adjacent to an activating group) is 1. The van der Waals surface area contributed by atoms with E-state index in [-0.39, 0.29) is 30.5 Å². The molecule has 1 aromatic carbocycles. The second-order valence-electron chi connectivity index (χ2n) is 5.68. The van der Waals surface area contributed by atoms with E-state index in [1.165, 1.54) is 6.07 Å². The molecule has 0 aromatic heterocycles. The van der Waals surface area contributed by atoms with Crippen molar-refractivity contribution in [1.29, 1.82) is 0 Å². The van der Waals surface area contributed by atoms with Crippen molar-refractivity contribution in [2.75, 3.05) is 7.05 Å². The summed E-state index contributed by atoms with van der Waals surface area (Å²) in [5, 5.41) is 14.2. The van der Waals surface area contributed by atoms with Gasteiger partial charge in [0.1, 0.15) is 0 Å². The van der Waals surface area contributed by atoms with Crippen molar-refractivity contribution in [2.24, 2.45) is 5.92 Å². The molecular formula is C15H20F2N2O2. The topological polar surface area (TPSA) is 55.2 Å². The Morgan fingerprint density at radius 2 is 2.00 bits per heavy atom. The van der Waals surface area contributed by atoms with Gasteiger partial charge in [0.15, 0.2) is 0 Å². The van der Waals surface area contributed by atoms with Gasteiger partial charge in [-0.15, -0.1) is 0 Å². The van der Waals surface area contributed by atoms with E-state index in [1.807, 2.05) is 0 Å². The van der Waals surface area contributed by atoms with Gasteiger partial charge in [-0.25, -0.2) is 8.78 Å². The van der Waals surface area contributed by atoms with Crippen LogP contribution in [0.1, 0.15) is 31.2 Å². The molecule has 1 aliphatic rings. The number of benzene rings is 1. The summed E-state index contributed by atoms with van der Waals surface area (Å²) in [7, 11) is 1.78. The first-order valence-corrected chi connectivity index (χ1v) is 7.20. The molecular weight excluding hydrogens is 278 g/mol. The van der Waals surface area contributed by atoms with Crippen LogP contribution in [-0.4, -0.2) is 23.9 Å². The van der Waals surface area contributed by atoms with Gasteiger partial charge in [0.2, 0.25) is 5.92 Å². The lowest BCUT2D eigenvalue weighted by molar-refractivity contribution is -0.385. The Bertz CT molecular complexity index is 498. The summed E-state index contributed by atoms with van der Waals surface area (Å²) in [5.74, 6) is -2.41. The first kappa shape index (κ1) is 15.8. The Labute approximate surface area is 122 Å². The van der Waals surface area contributed by atoms with Crippen LogP contribution in [0.25, 0.3) is 0 Å². The first-order valence-electron chi connectivity index (χ1n) is 7.20. The number of halogens is 2. The number of nitrogens with one attached hydrogen (secondary N) is 1. The zero-order valence-corrected chi connectivity index (χ0v) is 12.0. The summed E-state index contributed by atoms with van der Waals surface area (Å²) in [6.07, 6.45) is 1.22. The molecule has 6 heteroatoms. The van der Waals surface area contributed by atoms with Gasteiger partial charge in [0.05, 0.1) is 4.92 Å². The van der Waals surface area contributed by atoms with Crippen LogP contribution in [0, 0.1) is 16.0 Å². The van der Waals surface area contributed by atoms with E-state index in [0.717, 1.165) is 0 Å². The van der Waals surface area contributed by atoms with Crippen LogP contribution < -0.4 is 5.32 Å². The fourth-order valence-electron chi connectivity index (χ4n) is 3.07. The second kappa shape index (κ2) is 6.47. The van der Waals surface area contributed by atoms with E-state index in [1.54, 1.807) is 25.2 Å². The van der Waals surface area contributed by atoms with Crippen LogP contribution >= 0.6 is 0 Å². The lowest BCUT2D eigenvalue weighted by Gasteiger charge is -2.33. The molecule has 0 aliphatic heterocycles. The number of nitrogens with zero attached hydrogens (tertiary/aromatic N) is 1. The maximum absolute atomic E-state index is 13.2. The van der Waals surface area contributed by atoms with Gasteiger partial charge in [-0.1, -0.05) is 18.2 Å². The van der Waals surface area contributed by atoms with Gasteiger partial charge in [-0.2, -0.15) is 0 Å². The van der Waals surface area contributed by atoms with E-state index in [9.17, 15) is 18.9 Å². The molecule has 1 atom stereocenters. The Hall–Kier alpha value is -1.56. The van der Waals surface area contributed by atoms with Crippen LogP contribution in [0.3, 0.4) is 0 Å². The molecule has 1 aromatic rings. The van der Waals surface area contributed by atoms with E-state index in [0.29, 0.717) is 24.8 Å². The Morgan fingerprint density at radius 3 is 2.57 bits per heavy atom. The van der Waals surface area contributed by atoms with E-state index in [4.69, 9.17) is 0 Å². The first-order chi connectivity index (χ1) is 9.93. The van der Waals surface area contributed by atoms with Gasteiger partial charge in [0.25, 0.3) is 5.69 Å². The van der Waals surface area contributed by atoms with Gasteiger partial charge >= 0.3 is 0 Å². The number of hydrogen-bond acceptors (Lipinski definition) is 3. The molecule has 1 saturated carbocycles. The molecule has 0 heterocycles. The van der Waals surface area contributed by atoms with Gasteiger partial charge < -0.3 is 5.32 Å². The summed E-state index contributed by atoms with van der Waals surface area (Å²) in [4.78, 5) is 10.6. The molecule has 1 aliphatic carbocycles. The van der Waals surface area contributed by atoms with Crippen molar-refractivity contribution in [3.05, 3.63) is 39.9 Å². The van der Waals surface area contributed by atoms with E-state index < -0.39 is 10.8 Å². The molecule has 2 rings (SSSR count). The summed E-state index contributed by atoms with van der Waals surface area (Å²) in [6.45, 7) is 0. The standard InChI is InChI=1S/C15H20F2N2O2/c1-18-13(11-6-8-15(16,17)9-7-11)10-12-4-2-3-5-14(12)19(20)21/h2-5,11,13,18H,6-10H2,1H3. The molecule has 1 N–H and O–H groups in total. The van der Waals surface area contributed by atoms with Crippen molar-refractivity contribution in [2.45, 2.75) is 44.1 Å². The van der Waals surface area contributed by atoms with Crippen molar-refractivity contribution < 1.29 is 13.7 Å². The molecule has 0 saturated heterocycles. The smallest absolute Gasteiger partial charge is 0.272 e. The molecule has 0 spiro atoms. The monoisotopic (exact) mass is 298 g/mol. The lowest BCUT2D eigenvalue weighted by Crippen LogP contribution is -2.39. The zero-order chi connectivity index (χ0) is 15.5. The van der Waals surface area contributed by atoms with Gasteiger partial charge in [0, 0.05) is 30.5 Å². The molecule has 4 nitrogen and oxygen atoms in total. The highest BCUT2D eigenvalue weighted by Crippen LogP contribution is 2.38. The molecule has 0 amide bonds.